The van der Waals surface area contributed by atoms with Crippen molar-refractivity contribution in [3.63, 3.8) is 0 Å². The van der Waals surface area contributed by atoms with Crippen LogP contribution in [0.2, 0.25) is 0 Å². The number of rotatable bonds is 1. The number of carbonyl (C=O) groups excluding carboxylic acids is 1. The number of amides is 1. The maximum atomic E-state index is 12.3. The molecule has 7 heteroatoms. The number of hydrogen-bond acceptors (Lipinski definition) is 3. The highest BCUT2D eigenvalue weighted by Crippen LogP contribution is 2.28. The van der Waals surface area contributed by atoms with E-state index in [4.69, 9.17) is 0 Å². The average molecular weight is 259 g/mol. The highest BCUT2D eigenvalue weighted by molar-refractivity contribution is 5.81. The van der Waals surface area contributed by atoms with Crippen molar-refractivity contribution in [1.82, 2.24) is 10.3 Å². The van der Waals surface area contributed by atoms with Gasteiger partial charge in [-0.15, -0.1) is 0 Å². The Morgan fingerprint density at radius 1 is 1.33 bits per heavy atom. The zero-order valence-corrected chi connectivity index (χ0v) is 9.50. The Labute approximate surface area is 102 Å². The van der Waals surface area contributed by atoms with Crippen LogP contribution in [0.1, 0.15) is 12.1 Å². The molecule has 18 heavy (non-hydrogen) atoms. The number of nitrogens with one attached hydrogen (secondary N) is 1. The summed E-state index contributed by atoms with van der Waals surface area (Å²) >= 11 is 0. The van der Waals surface area contributed by atoms with Crippen molar-refractivity contribution < 1.29 is 18.0 Å². The SMILES string of the molecule is O=C1CN(c2ccc(C(F)(F)F)nc2)CCCN1. The minimum absolute atomic E-state index is 0.132. The zero-order chi connectivity index (χ0) is 13.2. The van der Waals surface area contributed by atoms with Crippen molar-refractivity contribution in [2.75, 3.05) is 24.5 Å². The number of hydrogen-bond donors (Lipinski definition) is 1. The summed E-state index contributed by atoms with van der Waals surface area (Å²) in [6.07, 6.45) is -2.52. The topological polar surface area (TPSA) is 45.2 Å². The van der Waals surface area contributed by atoms with Crippen LogP contribution in [0.3, 0.4) is 0 Å². The normalized spacial score (nSPS) is 17.3. The predicted molar refractivity (Wildman–Crippen MR) is 59.1 cm³/mol. The van der Waals surface area contributed by atoms with Crippen LogP contribution >= 0.6 is 0 Å². The lowest BCUT2D eigenvalue weighted by atomic mass is 10.3. The van der Waals surface area contributed by atoms with Crippen LogP contribution in [0.15, 0.2) is 18.3 Å². The van der Waals surface area contributed by atoms with E-state index in [2.05, 4.69) is 10.3 Å². The summed E-state index contributed by atoms with van der Waals surface area (Å²) in [5, 5.41) is 2.70. The van der Waals surface area contributed by atoms with Crippen molar-refractivity contribution in [3.8, 4) is 0 Å². The minimum Gasteiger partial charge on any atom is -0.361 e. The number of anilines is 1. The summed E-state index contributed by atoms with van der Waals surface area (Å²) in [4.78, 5) is 16.4. The van der Waals surface area contributed by atoms with Crippen LogP contribution < -0.4 is 10.2 Å². The Morgan fingerprint density at radius 3 is 2.72 bits per heavy atom. The second-order valence-corrected chi connectivity index (χ2v) is 4.02. The van der Waals surface area contributed by atoms with Crippen LogP contribution in [0, 0.1) is 0 Å². The predicted octanol–water partition coefficient (Wildman–Crippen LogP) is 1.43. The first-order valence-corrected chi connectivity index (χ1v) is 5.52. The lowest BCUT2D eigenvalue weighted by Gasteiger charge is -2.21. The molecule has 0 atom stereocenters. The fourth-order valence-electron chi connectivity index (χ4n) is 1.77. The van der Waals surface area contributed by atoms with E-state index in [9.17, 15) is 18.0 Å². The molecule has 1 aromatic heterocycles. The third-order valence-electron chi connectivity index (χ3n) is 2.66. The molecule has 0 radical (unpaired) electrons. The van der Waals surface area contributed by atoms with Crippen molar-refractivity contribution in [2.45, 2.75) is 12.6 Å². The van der Waals surface area contributed by atoms with E-state index in [0.717, 1.165) is 18.7 Å². The van der Waals surface area contributed by atoms with Crippen molar-refractivity contribution in [1.29, 1.82) is 0 Å². The summed E-state index contributed by atoms with van der Waals surface area (Å²) in [6.45, 7) is 1.35. The molecule has 0 spiro atoms. The Hall–Kier alpha value is -1.79. The molecule has 1 aromatic rings. The summed E-state index contributed by atoms with van der Waals surface area (Å²) < 4.78 is 37.0. The first-order valence-electron chi connectivity index (χ1n) is 5.52. The fraction of sp³-hybridized carbons (Fsp3) is 0.455. The molecule has 2 heterocycles. The van der Waals surface area contributed by atoms with E-state index in [0.29, 0.717) is 18.8 Å². The van der Waals surface area contributed by atoms with Gasteiger partial charge in [0.1, 0.15) is 5.69 Å². The Balaban J connectivity index is 2.16. The minimum atomic E-state index is -4.44. The van der Waals surface area contributed by atoms with Gasteiger partial charge in [0, 0.05) is 13.1 Å². The number of nitrogens with zero attached hydrogens (tertiary/aromatic N) is 2. The van der Waals surface area contributed by atoms with Gasteiger partial charge in [-0.25, -0.2) is 4.98 Å². The van der Waals surface area contributed by atoms with Crippen LogP contribution in [0.25, 0.3) is 0 Å². The fourth-order valence-corrected chi connectivity index (χ4v) is 1.77. The molecule has 4 nitrogen and oxygen atoms in total. The van der Waals surface area contributed by atoms with Crippen LogP contribution in [0.4, 0.5) is 18.9 Å². The van der Waals surface area contributed by atoms with Gasteiger partial charge < -0.3 is 10.2 Å². The van der Waals surface area contributed by atoms with Crippen molar-refractivity contribution in [2.24, 2.45) is 0 Å². The quantitative estimate of drug-likeness (QED) is 0.829. The Morgan fingerprint density at radius 2 is 2.11 bits per heavy atom. The third kappa shape index (κ3) is 2.91. The van der Waals surface area contributed by atoms with E-state index in [1.165, 1.54) is 6.07 Å². The summed E-state index contributed by atoms with van der Waals surface area (Å²) in [6, 6.07) is 2.27. The summed E-state index contributed by atoms with van der Waals surface area (Å²) in [5.41, 5.74) is -0.398. The van der Waals surface area contributed by atoms with Gasteiger partial charge >= 0.3 is 6.18 Å². The van der Waals surface area contributed by atoms with Gasteiger partial charge in [-0.3, -0.25) is 4.79 Å². The van der Waals surface area contributed by atoms with Gasteiger partial charge in [0.2, 0.25) is 5.91 Å². The van der Waals surface area contributed by atoms with Gasteiger partial charge in [0.05, 0.1) is 18.4 Å². The number of alkyl halides is 3. The molecule has 98 valence electrons. The molecule has 1 saturated heterocycles. The lowest BCUT2D eigenvalue weighted by molar-refractivity contribution is -0.141. The number of aromatic nitrogens is 1. The molecule has 1 amide bonds. The number of halogens is 3. The third-order valence-corrected chi connectivity index (χ3v) is 2.66. The highest BCUT2D eigenvalue weighted by atomic mass is 19.4. The summed E-state index contributed by atoms with van der Waals surface area (Å²) in [7, 11) is 0. The number of carbonyl (C=O) groups is 1. The maximum Gasteiger partial charge on any atom is 0.433 e. The first-order chi connectivity index (χ1) is 8.47. The molecule has 0 unspecified atom stereocenters. The van der Waals surface area contributed by atoms with Gasteiger partial charge in [0.15, 0.2) is 0 Å². The van der Waals surface area contributed by atoms with E-state index in [-0.39, 0.29) is 12.5 Å². The molecule has 0 aliphatic carbocycles. The lowest BCUT2D eigenvalue weighted by Crippen LogP contribution is -2.33. The molecule has 0 saturated carbocycles. The van der Waals surface area contributed by atoms with Gasteiger partial charge in [-0.2, -0.15) is 13.2 Å². The van der Waals surface area contributed by atoms with Crippen LogP contribution in [-0.2, 0) is 11.0 Å². The van der Waals surface area contributed by atoms with Gasteiger partial charge in [0.25, 0.3) is 0 Å². The second-order valence-electron chi connectivity index (χ2n) is 4.02. The smallest absolute Gasteiger partial charge is 0.361 e. The molecule has 1 N–H and O–H groups in total. The monoisotopic (exact) mass is 259 g/mol. The van der Waals surface area contributed by atoms with E-state index < -0.39 is 11.9 Å². The zero-order valence-electron chi connectivity index (χ0n) is 9.50. The van der Waals surface area contributed by atoms with Crippen LogP contribution in [-0.4, -0.2) is 30.5 Å². The molecule has 2 rings (SSSR count). The molecule has 1 aliphatic heterocycles. The van der Waals surface area contributed by atoms with Crippen molar-refractivity contribution in [3.05, 3.63) is 24.0 Å². The molecule has 0 aromatic carbocycles. The molecular formula is C11H12F3N3O. The van der Waals surface area contributed by atoms with Crippen LogP contribution in [0.5, 0.6) is 0 Å². The van der Waals surface area contributed by atoms with Crippen molar-refractivity contribution >= 4 is 11.6 Å². The maximum absolute atomic E-state index is 12.3. The van der Waals surface area contributed by atoms with E-state index in [1.807, 2.05) is 0 Å². The molecule has 1 aliphatic rings. The largest absolute Gasteiger partial charge is 0.433 e. The van der Waals surface area contributed by atoms with Gasteiger partial charge in [-0.05, 0) is 18.6 Å². The second kappa shape index (κ2) is 4.83. The average Bonchev–Trinajstić information content (AvgIpc) is 2.53. The first kappa shape index (κ1) is 12.7. The van der Waals surface area contributed by atoms with Gasteiger partial charge in [-0.1, -0.05) is 0 Å². The Kier molecular flexibility index (Phi) is 3.40. The van der Waals surface area contributed by atoms with E-state index >= 15 is 0 Å². The highest BCUT2D eigenvalue weighted by Gasteiger charge is 2.32. The molecular weight excluding hydrogens is 247 g/mol. The summed E-state index contributed by atoms with van der Waals surface area (Å²) in [5.74, 6) is -0.132. The standard InChI is InChI=1S/C11H12F3N3O/c12-11(13,14)9-3-2-8(6-16-9)17-5-1-4-15-10(18)7-17/h2-3,6H,1,4-5,7H2,(H,15,18). The molecule has 0 bridgehead atoms. The van der Waals surface area contributed by atoms with E-state index in [1.54, 1.807) is 4.90 Å². The Bertz CT molecular complexity index is 430. The number of pyridine rings is 1. The molecule has 1 fully saturated rings.